The third-order valence-electron chi connectivity index (χ3n) is 5.14. The first kappa shape index (κ1) is 17.0. The summed E-state index contributed by atoms with van der Waals surface area (Å²) in [6.45, 7) is 9.40. The van der Waals surface area contributed by atoms with Crippen LogP contribution in [0.5, 0.6) is 0 Å². The summed E-state index contributed by atoms with van der Waals surface area (Å²) in [5.74, 6) is 0.591. The van der Waals surface area contributed by atoms with Gasteiger partial charge in [-0.15, -0.1) is 0 Å². The first-order valence-electron chi connectivity index (χ1n) is 8.85. The molecule has 1 aromatic carbocycles. The fourth-order valence-corrected chi connectivity index (χ4v) is 3.83. The van der Waals surface area contributed by atoms with Crippen LogP contribution in [0.1, 0.15) is 54.7 Å². The fraction of sp³-hybridized carbons (Fsp3) is 0.550. The lowest BCUT2D eigenvalue weighted by Crippen LogP contribution is -2.40. The number of aromatic amines is 1. The van der Waals surface area contributed by atoms with Gasteiger partial charge in [-0.25, -0.2) is 0 Å². The predicted molar refractivity (Wildman–Crippen MR) is 97.3 cm³/mol. The summed E-state index contributed by atoms with van der Waals surface area (Å²) >= 11 is 0. The predicted octanol–water partition coefficient (Wildman–Crippen LogP) is 3.80. The smallest absolute Gasteiger partial charge is 0.270 e. The van der Waals surface area contributed by atoms with Crippen molar-refractivity contribution in [3.8, 4) is 0 Å². The maximum Gasteiger partial charge on any atom is 0.270 e. The number of nitrogens with one attached hydrogen (secondary N) is 1. The Morgan fingerprint density at radius 3 is 2.46 bits per heavy atom. The highest BCUT2D eigenvalue weighted by Crippen LogP contribution is 2.28. The molecule has 0 aliphatic carbocycles. The Bertz CT molecular complexity index is 708. The van der Waals surface area contributed by atoms with Gasteiger partial charge in [-0.2, -0.15) is 0 Å². The molecule has 0 spiro atoms. The zero-order valence-corrected chi connectivity index (χ0v) is 15.1. The first-order chi connectivity index (χ1) is 11.2. The average molecular weight is 328 g/mol. The highest BCUT2D eigenvalue weighted by molar-refractivity contribution is 5.99. The van der Waals surface area contributed by atoms with Crippen LogP contribution >= 0.6 is 0 Å². The number of aryl methyl sites for hydroxylation is 2. The Balaban J connectivity index is 1.72. The van der Waals surface area contributed by atoms with Gasteiger partial charge in [0, 0.05) is 24.0 Å². The van der Waals surface area contributed by atoms with Gasteiger partial charge in [-0.05, 0) is 70.1 Å². The second-order valence-corrected chi connectivity index (χ2v) is 7.92. The third kappa shape index (κ3) is 3.48. The van der Waals surface area contributed by atoms with E-state index in [-0.39, 0.29) is 5.91 Å². The number of carbonyl (C=O) groups excluding carboxylic acids is 1. The van der Waals surface area contributed by atoms with E-state index in [1.165, 1.54) is 11.1 Å². The molecule has 1 aromatic heterocycles. The van der Waals surface area contributed by atoms with Crippen molar-refractivity contribution < 1.29 is 9.90 Å². The molecule has 2 heterocycles. The van der Waals surface area contributed by atoms with Gasteiger partial charge in [0.15, 0.2) is 0 Å². The molecule has 24 heavy (non-hydrogen) atoms. The molecule has 4 heteroatoms. The summed E-state index contributed by atoms with van der Waals surface area (Å²) in [7, 11) is 0. The zero-order chi connectivity index (χ0) is 17.5. The second kappa shape index (κ2) is 6.25. The summed E-state index contributed by atoms with van der Waals surface area (Å²) in [6, 6.07) is 6.18. The number of carbonyl (C=O) groups is 1. The van der Waals surface area contributed by atoms with Crippen LogP contribution in [0.2, 0.25) is 0 Å². The Kier molecular flexibility index (Phi) is 4.43. The lowest BCUT2D eigenvalue weighted by molar-refractivity contribution is 0.0357. The van der Waals surface area contributed by atoms with Crippen LogP contribution in [0.3, 0.4) is 0 Å². The molecule has 1 amide bonds. The van der Waals surface area contributed by atoms with Crippen molar-refractivity contribution in [1.82, 2.24) is 9.88 Å². The van der Waals surface area contributed by atoms with E-state index in [0.29, 0.717) is 11.6 Å². The van der Waals surface area contributed by atoms with E-state index in [1.807, 2.05) is 24.8 Å². The lowest BCUT2D eigenvalue weighted by Gasteiger charge is -2.34. The Morgan fingerprint density at radius 1 is 1.25 bits per heavy atom. The molecular weight excluding hydrogens is 300 g/mol. The van der Waals surface area contributed by atoms with Crippen LogP contribution in [0.4, 0.5) is 0 Å². The number of hydrogen-bond donors (Lipinski definition) is 2. The van der Waals surface area contributed by atoms with Crippen molar-refractivity contribution in [2.45, 2.75) is 52.6 Å². The number of fused-ring (bicyclic) bond motifs is 1. The molecule has 1 aliphatic rings. The Labute approximate surface area is 143 Å². The molecule has 0 atom stereocenters. The summed E-state index contributed by atoms with van der Waals surface area (Å²) < 4.78 is 0. The minimum atomic E-state index is -0.622. The largest absolute Gasteiger partial charge is 0.390 e. The van der Waals surface area contributed by atoms with Crippen LogP contribution in [0, 0.1) is 19.8 Å². The van der Waals surface area contributed by atoms with Gasteiger partial charge in [0.05, 0.1) is 5.60 Å². The van der Waals surface area contributed by atoms with Gasteiger partial charge < -0.3 is 15.0 Å². The Morgan fingerprint density at radius 2 is 1.88 bits per heavy atom. The van der Waals surface area contributed by atoms with Gasteiger partial charge in [-0.3, -0.25) is 4.79 Å². The number of amides is 1. The van der Waals surface area contributed by atoms with E-state index in [9.17, 15) is 9.90 Å². The van der Waals surface area contributed by atoms with E-state index in [2.05, 4.69) is 31.0 Å². The van der Waals surface area contributed by atoms with Crippen molar-refractivity contribution in [2.24, 2.45) is 5.92 Å². The van der Waals surface area contributed by atoms with Gasteiger partial charge in [-0.1, -0.05) is 12.1 Å². The van der Waals surface area contributed by atoms with Gasteiger partial charge >= 0.3 is 0 Å². The van der Waals surface area contributed by atoms with Crippen LogP contribution in [0.25, 0.3) is 10.9 Å². The van der Waals surface area contributed by atoms with E-state index >= 15 is 0 Å². The molecule has 2 N–H and O–H groups in total. The molecule has 1 saturated heterocycles. The lowest BCUT2D eigenvalue weighted by atomic mass is 9.86. The standard InChI is InChI=1S/C20H28N2O2/c1-13-5-6-14(2)18-16(13)11-17(21-18)19(23)22-9-7-15(8-10-22)12-20(3,4)24/h5-6,11,15,21,24H,7-10,12H2,1-4H3. The molecular formula is C20H28N2O2. The van der Waals surface area contributed by atoms with Crippen molar-refractivity contribution in [2.75, 3.05) is 13.1 Å². The number of hydrogen-bond acceptors (Lipinski definition) is 2. The maximum absolute atomic E-state index is 12.8. The minimum Gasteiger partial charge on any atom is -0.390 e. The molecule has 0 bridgehead atoms. The van der Waals surface area contributed by atoms with Crippen LogP contribution in [-0.4, -0.2) is 39.6 Å². The topological polar surface area (TPSA) is 56.3 Å². The van der Waals surface area contributed by atoms with E-state index in [4.69, 9.17) is 0 Å². The molecule has 4 nitrogen and oxygen atoms in total. The van der Waals surface area contributed by atoms with Crippen LogP contribution in [-0.2, 0) is 0 Å². The summed E-state index contributed by atoms with van der Waals surface area (Å²) in [4.78, 5) is 18.1. The molecule has 2 aromatic rings. The van der Waals surface area contributed by atoms with Crippen molar-refractivity contribution in [3.05, 3.63) is 35.0 Å². The number of benzene rings is 1. The highest BCUT2D eigenvalue weighted by atomic mass is 16.3. The van der Waals surface area contributed by atoms with Gasteiger partial charge in [0.25, 0.3) is 5.91 Å². The number of aromatic nitrogens is 1. The number of aliphatic hydroxyl groups is 1. The van der Waals surface area contributed by atoms with Crippen LogP contribution in [0.15, 0.2) is 18.2 Å². The molecule has 130 valence electrons. The number of rotatable bonds is 3. The quantitative estimate of drug-likeness (QED) is 0.900. The SMILES string of the molecule is Cc1ccc(C)c2[nH]c(C(=O)N3CCC(CC(C)(C)O)CC3)cc12. The van der Waals surface area contributed by atoms with Gasteiger partial charge in [0.1, 0.15) is 5.69 Å². The third-order valence-corrected chi connectivity index (χ3v) is 5.14. The fourth-order valence-electron chi connectivity index (χ4n) is 3.83. The van der Waals surface area contributed by atoms with E-state index in [1.54, 1.807) is 0 Å². The molecule has 3 rings (SSSR count). The number of nitrogens with zero attached hydrogens (tertiary/aromatic N) is 1. The number of likely N-dealkylation sites (tertiary alicyclic amines) is 1. The van der Waals surface area contributed by atoms with E-state index < -0.39 is 5.60 Å². The van der Waals surface area contributed by atoms with E-state index in [0.717, 1.165) is 43.3 Å². The molecule has 0 saturated carbocycles. The molecule has 1 fully saturated rings. The molecule has 0 radical (unpaired) electrons. The first-order valence-corrected chi connectivity index (χ1v) is 8.85. The maximum atomic E-state index is 12.8. The highest BCUT2D eigenvalue weighted by Gasteiger charge is 2.28. The second-order valence-electron chi connectivity index (χ2n) is 7.92. The van der Waals surface area contributed by atoms with Crippen molar-refractivity contribution in [1.29, 1.82) is 0 Å². The molecule has 0 unspecified atom stereocenters. The number of H-pyrrole nitrogens is 1. The molecule has 1 aliphatic heterocycles. The summed E-state index contributed by atoms with van der Waals surface area (Å²) in [6.07, 6.45) is 2.74. The summed E-state index contributed by atoms with van der Waals surface area (Å²) in [5.41, 5.74) is 3.48. The monoisotopic (exact) mass is 328 g/mol. The normalized spacial score (nSPS) is 16.8. The van der Waals surface area contributed by atoms with Crippen molar-refractivity contribution in [3.63, 3.8) is 0 Å². The average Bonchev–Trinajstić information content (AvgIpc) is 2.96. The Hall–Kier alpha value is -1.81. The van der Waals surface area contributed by atoms with Gasteiger partial charge in [0.2, 0.25) is 0 Å². The number of piperidine rings is 1. The summed E-state index contributed by atoms with van der Waals surface area (Å²) in [5, 5.41) is 11.1. The van der Waals surface area contributed by atoms with Crippen LogP contribution < -0.4 is 0 Å². The van der Waals surface area contributed by atoms with Crippen molar-refractivity contribution >= 4 is 16.8 Å². The minimum absolute atomic E-state index is 0.0895. The zero-order valence-electron chi connectivity index (χ0n) is 15.1.